The lowest BCUT2D eigenvalue weighted by atomic mass is 10.0. The molecular weight excluding hydrogens is 252 g/mol. The third-order valence-corrected chi connectivity index (χ3v) is 3.33. The van der Waals surface area contributed by atoms with Gasteiger partial charge in [0.2, 0.25) is 5.91 Å². The van der Waals surface area contributed by atoms with Crippen LogP contribution in [0, 0.1) is 0 Å². The minimum atomic E-state index is -0.436. The van der Waals surface area contributed by atoms with Gasteiger partial charge in [-0.2, -0.15) is 0 Å². The first-order chi connectivity index (χ1) is 9.48. The highest BCUT2D eigenvalue weighted by molar-refractivity contribution is 5.77. The van der Waals surface area contributed by atoms with Crippen molar-refractivity contribution in [3.63, 3.8) is 0 Å². The smallest absolute Gasteiger partial charge is 0.225 e. The Morgan fingerprint density at radius 1 is 1.30 bits per heavy atom. The largest absolute Gasteiger partial charge is 0.378 e. The number of amides is 1. The zero-order valence-electron chi connectivity index (χ0n) is 12.8. The Balaban J connectivity index is 2.70. The van der Waals surface area contributed by atoms with Crippen molar-refractivity contribution in [3.05, 3.63) is 35.9 Å². The third-order valence-electron chi connectivity index (χ3n) is 3.33. The van der Waals surface area contributed by atoms with Crippen LogP contribution in [0.3, 0.4) is 0 Å². The quantitative estimate of drug-likeness (QED) is 0.793. The first-order valence-corrected chi connectivity index (χ1v) is 7.05. The fraction of sp³-hybridized carbons (Fsp3) is 0.562. The van der Waals surface area contributed by atoms with Crippen LogP contribution < -0.4 is 5.73 Å². The van der Waals surface area contributed by atoms with Gasteiger partial charge in [0.15, 0.2) is 0 Å². The summed E-state index contributed by atoms with van der Waals surface area (Å²) >= 11 is 0. The highest BCUT2D eigenvalue weighted by atomic mass is 16.5. The molecule has 1 amide bonds. The predicted molar refractivity (Wildman–Crippen MR) is 81.2 cm³/mol. The zero-order valence-corrected chi connectivity index (χ0v) is 12.8. The van der Waals surface area contributed by atoms with Crippen LogP contribution in [0.1, 0.15) is 32.3 Å². The molecule has 0 saturated carbocycles. The van der Waals surface area contributed by atoms with E-state index in [0.717, 1.165) is 12.0 Å². The molecule has 112 valence electrons. The number of hydrogen-bond acceptors (Lipinski definition) is 3. The number of methoxy groups -OCH3 is 1. The van der Waals surface area contributed by atoms with Gasteiger partial charge in [0, 0.05) is 20.2 Å². The third kappa shape index (κ3) is 5.72. The Labute approximate surface area is 121 Å². The minimum absolute atomic E-state index is 0.106. The van der Waals surface area contributed by atoms with Crippen LogP contribution in [-0.2, 0) is 16.1 Å². The lowest BCUT2D eigenvalue weighted by Crippen LogP contribution is -2.38. The Bertz CT molecular complexity index is 404. The van der Waals surface area contributed by atoms with Crippen LogP contribution in [0.2, 0.25) is 0 Å². The summed E-state index contributed by atoms with van der Waals surface area (Å²) in [5.41, 5.74) is 6.26. The molecule has 0 saturated heterocycles. The van der Waals surface area contributed by atoms with E-state index < -0.39 is 5.60 Å². The van der Waals surface area contributed by atoms with Gasteiger partial charge in [0.05, 0.1) is 12.0 Å². The molecule has 0 fully saturated rings. The fourth-order valence-electron chi connectivity index (χ4n) is 1.93. The first kappa shape index (κ1) is 16.7. The molecule has 0 aromatic heterocycles. The molecule has 0 aliphatic rings. The van der Waals surface area contributed by atoms with E-state index in [2.05, 4.69) is 0 Å². The van der Waals surface area contributed by atoms with Gasteiger partial charge in [-0.25, -0.2) is 0 Å². The van der Waals surface area contributed by atoms with Crippen LogP contribution in [0.25, 0.3) is 0 Å². The molecule has 4 nitrogen and oxygen atoms in total. The van der Waals surface area contributed by atoms with Crippen LogP contribution in [0.5, 0.6) is 0 Å². The standard InChI is InChI=1S/C16H26N2O2/c1-16(2,20-3)12-15(19)18(11-7-10-17)13-14-8-5-4-6-9-14/h4-6,8-9H,7,10-13,17H2,1-3H3. The second kappa shape index (κ2) is 8.02. The van der Waals surface area contributed by atoms with Crippen molar-refractivity contribution in [2.45, 2.75) is 38.8 Å². The van der Waals surface area contributed by atoms with E-state index in [1.165, 1.54) is 0 Å². The number of ether oxygens (including phenoxy) is 1. The number of nitrogens with two attached hydrogens (primary N) is 1. The predicted octanol–water partition coefficient (Wildman–Crippen LogP) is 2.18. The second-order valence-corrected chi connectivity index (χ2v) is 5.58. The number of carbonyl (C=O) groups is 1. The molecule has 20 heavy (non-hydrogen) atoms. The maximum Gasteiger partial charge on any atom is 0.225 e. The SMILES string of the molecule is COC(C)(C)CC(=O)N(CCCN)Cc1ccccc1. The number of nitrogens with zero attached hydrogens (tertiary/aromatic N) is 1. The van der Waals surface area contributed by atoms with Gasteiger partial charge in [-0.1, -0.05) is 30.3 Å². The number of rotatable bonds is 8. The lowest BCUT2D eigenvalue weighted by Gasteiger charge is -2.28. The van der Waals surface area contributed by atoms with Gasteiger partial charge in [-0.15, -0.1) is 0 Å². The Morgan fingerprint density at radius 2 is 1.95 bits per heavy atom. The van der Waals surface area contributed by atoms with Crippen molar-refractivity contribution in [3.8, 4) is 0 Å². The summed E-state index contributed by atoms with van der Waals surface area (Å²) in [5.74, 6) is 0.106. The van der Waals surface area contributed by atoms with E-state index in [0.29, 0.717) is 26.1 Å². The number of hydrogen-bond donors (Lipinski definition) is 1. The summed E-state index contributed by atoms with van der Waals surface area (Å²) in [5, 5.41) is 0. The van der Waals surface area contributed by atoms with Crippen LogP contribution in [0.4, 0.5) is 0 Å². The van der Waals surface area contributed by atoms with Crippen molar-refractivity contribution in [2.75, 3.05) is 20.2 Å². The van der Waals surface area contributed by atoms with Crippen LogP contribution in [-0.4, -0.2) is 36.6 Å². The summed E-state index contributed by atoms with van der Waals surface area (Å²) in [6.45, 7) is 5.75. The van der Waals surface area contributed by atoms with Crippen molar-refractivity contribution in [1.82, 2.24) is 4.90 Å². The summed E-state index contributed by atoms with van der Waals surface area (Å²) < 4.78 is 5.34. The summed E-state index contributed by atoms with van der Waals surface area (Å²) in [6.07, 6.45) is 1.19. The molecule has 0 spiro atoms. The normalized spacial score (nSPS) is 11.4. The van der Waals surface area contributed by atoms with E-state index in [4.69, 9.17) is 10.5 Å². The Kier molecular flexibility index (Phi) is 6.68. The van der Waals surface area contributed by atoms with E-state index >= 15 is 0 Å². The molecule has 0 bridgehead atoms. The molecular formula is C16H26N2O2. The summed E-state index contributed by atoms with van der Waals surface area (Å²) in [4.78, 5) is 14.3. The first-order valence-electron chi connectivity index (χ1n) is 7.05. The average molecular weight is 278 g/mol. The van der Waals surface area contributed by atoms with E-state index in [1.54, 1.807) is 7.11 Å². The summed E-state index contributed by atoms with van der Waals surface area (Å²) in [6, 6.07) is 10.0. The zero-order chi connectivity index (χ0) is 15.0. The monoisotopic (exact) mass is 278 g/mol. The van der Waals surface area contributed by atoms with Crippen molar-refractivity contribution < 1.29 is 9.53 Å². The van der Waals surface area contributed by atoms with Gasteiger partial charge in [-0.3, -0.25) is 4.79 Å². The van der Waals surface area contributed by atoms with Gasteiger partial charge < -0.3 is 15.4 Å². The molecule has 0 aliphatic carbocycles. The molecule has 2 N–H and O–H groups in total. The lowest BCUT2D eigenvalue weighted by molar-refractivity contribution is -0.137. The molecule has 1 rings (SSSR count). The van der Waals surface area contributed by atoms with Crippen LogP contribution >= 0.6 is 0 Å². The molecule has 1 aromatic carbocycles. The van der Waals surface area contributed by atoms with E-state index in [1.807, 2.05) is 49.1 Å². The molecule has 0 radical (unpaired) electrons. The minimum Gasteiger partial charge on any atom is -0.378 e. The van der Waals surface area contributed by atoms with Crippen molar-refractivity contribution in [1.29, 1.82) is 0 Å². The Hall–Kier alpha value is -1.39. The summed E-state index contributed by atoms with van der Waals surface area (Å²) in [7, 11) is 1.63. The van der Waals surface area contributed by atoms with E-state index in [9.17, 15) is 4.79 Å². The van der Waals surface area contributed by atoms with Gasteiger partial charge in [0.1, 0.15) is 0 Å². The van der Waals surface area contributed by atoms with Gasteiger partial charge in [0.25, 0.3) is 0 Å². The Morgan fingerprint density at radius 3 is 2.50 bits per heavy atom. The topological polar surface area (TPSA) is 55.6 Å². The molecule has 4 heteroatoms. The number of carbonyl (C=O) groups excluding carboxylic acids is 1. The van der Waals surface area contributed by atoms with Crippen molar-refractivity contribution >= 4 is 5.91 Å². The number of benzene rings is 1. The van der Waals surface area contributed by atoms with Crippen molar-refractivity contribution in [2.24, 2.45) is 5.73 Å². The highest BCUT2D eigenvalue weighted by Gasteiger charge is 2.24. The highest BCUT2D eigenvalue weighted by Crippen LogP contribution is 2.16. The fourth-order valence-corrected chi connectivity index (χ4v) is 1.93. The maximum atomic E-state index is 12.4. The second-order valence-electron chi connectivity index (χ2n) is 5.58. The molecule has 0 aliphatic heterocycles. The van der Waals surface area contributed by atoms with E-state index in [-0.39, 0.29) is 5.91 Å². The van der Waals surface area contributed by atoms with Crippen LogP contribution in [0.15, 0.2) is 30.3 Å². The molecule has 1 aromatic rings. The molecule has 0 unspecified atom stereocenters. The molecule has 0 heterocycles. The molecule has 0 atom stereocenters. The maximum absolute atomic E-state index is 12.4. The van der Waals surface area contributed by atoms with Gasteiger partial charge >= 0.3 is 0 Å². The van der Waals surface area contributed by atoms with Gasteiger partial charge in [-0.05, 0) is 32.4 Å². The average Bonchev–Trinajstić information content (AvgIpc) is 2.44.